The van der Waals surface area contributed by atoms with Gasteiger partial charge in [-0.1, -0.05) is 0 Å². The van der Waals surface area contributed by atoms with Gasteiger partial charge in [0.25, 0.3) is 0 Å². The second-order valence-electron chi connectivity index (χ2n) is 10.2. The number of hydrogen-bond donors (Lipinski definition) is 10. The topological polar surface area (TPSA) is 260 Å². The van der Waals surface area contributed by atoms with Crippen molar-refractivity contribution >= 4 is 11.0 Å². The molecule has 2 aromatic carbocycles. The summed E-state index contributed by atoms with van der Waals surface area (Å²) in [6.45, 7) is 0.591. The molecule has 42 heavy (non-hydrogen) atoms. The van der Waals surface area contributed by atoms with Crippen molar-refractivity contribution in [2.75, 3.05) is 6.61 Å². The van der Waals surface area contributed by atoms with Gasteiger partial charge in [-0.2, -0.15) is 0 Å². The second kappa shape index (κ2) is 11.3. The summed E-state index contributed by atoms with van der Waals surface area (Å²) in [4.78, 5) is 13.2. The number of fused-ring (bicyclic) bond motifs is 1. The molecule has 0 saturated carbocycles. The Balaban J connectivity index is 1.70. The quantitative estimate of drug-likeness (QED) is 0.148. The molecule has 5 rings (SSSR count). The van der Waals surface area contributed by atoms with Crippen LogP contribution in [0.5, 0.6) is 23.0 Å². The van der Waals surface area contributed by atoms with Crippen molar-refractivity contribution in [1.82, 2.24) is 0 Å². The lowest BCUT2D eigenvalue weighted by molar-refractivity contribution is -0.269. The molecule has 228 valence electrons. The second-order valence-corrected chi connectivity index (χ2v) is 10.2. The highest BCUT2D eigenvalue weighted by molar-refractivity contribution is 5.88. The van der Waals surface area contributed by atoms with Crippen LogP contribution >= 0.6 is 0 Å². The van der Waals surface area contributed by atoms with Crippen LogP contribution in [-0.4, -0.2) is 113 Å². The molecule has 2 aliphatic heterocycles. The van der Waals surface area contributed by atoms with E-state index in [1.54, 1.807) is 0 Å². The highest BCUT2D eigenvalue weighted by atomic mass is 16.7. The molecule has 0 radical (unpaired) electrons. The van der Waals surface area contributed by atoms with Crippen molar-refractivity contribution in [3.63, 3.8) is 0 Å². The molecule has 10 N–H and O–H groups in total. The predicted octanol–water partition coefficient (Wildman–Crippen LogP) is -1.70. The highest BCUT2D eigenvalue weighted by Gasteiger charge is 2.48. The van der Waals surface area contributed by atoms with Crippen LogP contribution in [0.1, 0.15) is 18.6 Å². The molecule has 3 aromatic rings. The van der Waals surface area contributed by atoms with Crippen LogP contribution in [0.4, 0.5) is 0 Å². The normalized spacial score (nSPS) is 33.5. The van der Waals surface area contributed by atoms with Crippen LogP contribution in [0.3, 0.4) is 0 Å². The van der Waals surface area contributed by atoms with Crippen molar-refractivity contribution in [2.45, 2.75) is 68.1 Å². The Bertz CT molecular complexity index is 1520. The Morgan fingerprint density at radius 1 is 0.810 bits per heavy atom. The number of phenols is 3. The first-order chi connectivity index (χ1) is 19.8. The van der Waals surface area contributed by atoms with Crippen LogP contribution in [0, 0.1) is 0 Å². The van der Waals surface area contributed by atoms with E-state index >= 15 is 0 Å². The maximum absolute atomic E-state index is 13.2. The molecule has 15 nitrogen and oxygen atoms in total. The van der Waals surface area contributed by atoms with E-state index in [0.29, 0.717) is 0 Å². The van der Waals surface area contributed by atoms with Gasteiger partial charge in [-0.05, 0) is 25.1 Å². The van der Waals surface area contributed by atoms with Gasteiger partial charge in [0.1, 0.15) is 77.1 Å². The zero-order valence-electron chi connectivity index (χ0n) is 21.9. The summed E-state index contributed by atoms with van der Waals surface area (Å²) in [5.74, 6) is -2.31. The van der Waals surface area contributed by atoms with Gasteiger partial charge in [0.05, 0.1) is 18.3 Å². The third-order valence-electron chi connectivity index (χ3n) is 7.48. The largest absolute Gasteiger partial charge is 0.506 e. The van der Waals surface area contributed by atoms with E-state index in [9.17, 15) is 55.9 Å². The summed E-state index contributed by atoms with van der Waals surface area (Å²) in [7, 11) is 0. The Labute approximate surface area is 236 Å². The van der Waals surface area contributed by atoms with Crippen molar-refractivity contribution < 1.29 is 69.7 Å². The number of aliphatic hydroxyl groups excluding tert-OH is 7. The van der Waals surface area contributed by atoms with Gasteiger partial charge in [0.15, 0.2) is 16.9 Å². The molecule has 0 bridgehead atoms. The van der Waals surface area contributed by atoms with Gasteiger partial charge in [-0.15, -0.1) is 0 Å². The molecule has 3 heterocycles. The molecule has 0 amide bonds. The zero-order chi connectivity index (χ0) is 30.6. The van der Waals surface area contributed by atoms with Crippen LogP contribution in [0.2, 0.25) is 0 Å². The fourth-order valence-corrected chi connectivity index (χ4v) is 5.06. The molecule has 2 fully saturated rings. The van der Waals surface area contributed by atoms with Crippen LogP contribution in [-0.2, 0) is 9.47 Å². The van der Waals surface area contributed by atoms with Gasteiger partial charge in [-0.3, -0.25) is 4.79 Å². The minimum atomic E-state index is -1.93. The molecule has 2 aliphatic rings. The number of rotatable bonds is 5. The van der Waals surface area contributed by atoms with Crippen LogP contribution in [0.25, 0.3) is 22.3 Å². The van der Waals surface area contributed by atoms with Gasteiger partial charge >= 0.3 is 0 Å². The van der Waals surface area contributed by atoms with Crippen molar-refractivity contribution in [2.24, 2.45) is 0 Å². The summed E-state index contributed by atoms with van der Waals surface area (Å²) >= 11 is 0. The summed E-state index contributed by atoms with van der Waals surface area (Å²) < 4.78 is 22.7. The Kier molecular flexibility index (Phi) is 8.06. The van der Waals surface area contributed by atoms with Crippen LogP contribution in [0.15, 0.2) is 39.5 Å². The standard InChI is InChI=1S/C27H30O15/c1-8-19(32)22(35)25(38)27(39-8)42-15-6-14-17(12(31)5-13(40-14)9-2-3-10(29)11(30)4-9)21(34)18(15)26-24(37)23(36)20(33)16(7-28)41-26/h2-6,8,16,19-20,22-30,32-38H,7H2,1H3. The summed E-state index contributed by atoms with van der Waals surface area (Å²) in [6.07, 6.45) is -16.4. The van der Waals surface area contributed by atoms with Gasteiger partial charge < -0.3 is 69.7 Å². The third-order valence-corrected chi connectivity index (χ3v) is 7.48. The first kappa shape index (κ1) is 30.0. The fourth-order valence-electron chi connectivity index (χ4n) is 5.06. The van der Waals surface area contributed by atoms with E-state index < -0.39 is 107 Å². The maximum atomic E-state index is 13.2. The Morgan fingerprint density at radius 2 is 1.50 bits per heavy atom. The van der Waals surface area contributed by atoms with Crippen LogP contribution < -0.4 is 10.2 Å². The van der Waals surface area contributed by atoms with Crippen molar-refractivity contribution in [3.8, 4) is 34.3 Å². The lowest BCUT2D eigenvalue weighted by Crippen LogP contribution is -2.58. The van der Waals surface area contributed by atoms with E-state index in [1.807, 2.05) is 0 Å². The molecule has 0 spiro atoms. The molecule has 15 heteroatoms. The maximum Gasteiger partial charge on any atom is 0.229 e. The molecular formula is C27H30O15. The third kappa shape index (κ3) is 5.04. The summed E-state index contributed by atoms with van der Waals surface area (Å²) in [5.41, 5.74) is -1.40. The van der Waals surface area contributed by atoms with Crippen molar-refractivity contribution in [3.05, 3.63) is 46.1 Å². The molecule has 10 atom stereocenters. The summed E-state index contributed by atoms with van der Waals surface area (Å²) in [5, 5.41) is 102. The monoisotopic (exact) mass is 594 g/mol. The minimum absolute atomic E-state index is 0.102. The number of aromatic hydroxyl groups is 3. The van der Waals surface area contributed by atoms with E-state index in [1.165, 1.54) is 13.0 Å². The SMILES string of the molecule is CC1OC(Oc2cc3oc(-c4ccc(O)c(O)c4)cc(=O)c3c(O)c2C2OC(CO)C(O)C(O)C2O)C(O)C(O)C1O. The lowest BCUT2D eigenvalue weighted by Gasteiger charge is -2.42. The molecule has 1 aromatic heterocycles. The van der Waals surface area contributed by atoms with Gasteiger partial charge in [0, 0.05) is 17.7 Å². The Morgan fingerprint density at radius 3 is 2.17 bits per heavy atom. The number of aliphatic hydroxyl groups is 7. The predicted molar refractivity (Wildman–Crippen MR) is 139 cm³/mol. The van der Waals surface area contributed by atoms with E-state index in [0.717, 1.165) is 24.3 Å². The number of phenolic OH excluding ortho intramolecular Hbond substituents is 3. The zero-order valence-corrected chi connectivity index (χ0v) is 21.9. The fraction of sp³-hybridized carbons (Fsp3) is 0.444. The molecule has 2 saturated heterocycles. The van der Waals surface area contributed by atoms with Gasteiger partial charge in [0.2, 0.25) is 6.29 Å². The average molecular weight is 595 g/mol. The number of hydrogen-bond acceptors (Lipinski definition) is 15. The number of benzene rings is 2. The minimum Gasteiger partial charge on any atom is -0.506 e. The lowest BCUT2D eigenvalue weighted by atomic mass is 9.89. The molecule has 0 aliphatic carbocycles. The first-order valence-corrected chi connectivity index (χ1v) is 12.9. The Hall–Kier alpha value is -3.51. The average Bonchev–Trinajstić information content (AvgIpc) is 2.95. The smallest absolute Gasteiger partial charge is 0.229 e. The van der Waals surface area contributed by atoms with E-state index in [4.69, 9.17) is 18.6 Å². The summed E-state index contributed by atoms with van der Waals surface area (Å²) in [6, 6.07) is 5.69. The molecular weight excluding hydrogens is 564 g/mol. The van der Waals surface area contributed by atoms with Gasteiger partial charge in [-0.25, -0.2) is 0 Å². The highest BCUT2D eigenvalue weighted by Crippen LogP contribution is 2.46. The number of ether oxygens (including phenoxy) is 3. The molecule has 10 unspecified atom stereocenters. The van der Waals surface area contributed by atoms with E-state index in [-0.39, 0.29) is 16.9 Å². The van der Waals surface area contributed by atoms with Crippen molar-refractivity contribution in [1.29, 1.82) is 0 Å². The van der Waals surface area contributed by atoms with E-state index in [2.05, 4.69) is 0 Å². The first-order valence-electron chi connectivity index (χ1n) is 12.9.